The summed E-state index contributed by atoms with van der Waals surface area (Å²) in [4.78, 5) is 43.5. The number of halogens is 1. The number of hydrogen-bond donors (Lipinski definition) is 3. The van der Waals surface area contributed by atoms with E-state index in [1.807, 2.05) is 43.3 Å². The van der Waals surface area contributed by atoms with E-state index in [1.165, 1.54) is 18.2 Å². The summed E-state index contributed by atoms with van der Waals surface area (Å²) >= 11 is 6.16. The first kappa shape index (κ1) is 32.4. The summed E-state index contributed by atoms with van der Waals surface area (Å²) in [6, 6.07) is 20.5. The van der Waals surface area contributed by atoms with E-state index in [2.05, 4.69) is 14.9 Å². The second-order valence-electron chi connectivity index (χ2n) is 9.75. The molecule has 0 spiro atoms. The molecule has 0 bridgehead atoms. The highest BCUT2D eigenvalue weighted by Crippen LogP contribution is 2.26. The van der Waals surface area contributed by atoms with Crippen molar-refractivity contribution in [2.75, 3.05) is 0 Å². The number of carbonyl (C=O) groups is 2. The maximum atomic E-state index is 12.6. The van der Waals surface area contributed by atoms with Gasteiger partial charge in [0.2, 0.25) is 0 Å². The predicted molar refractivity (Wildman–Crippen MR) is 165 cm³/mol. The third kappa shape index (κ3) is 8.34. The summed E-state index contributed by atoms with van der Waals surface area (Å²) in [6.45, 7) is 1.98. The second kappa shape index (κ2) is 14.8. The van der Waals surface area contributed by atoms with Gasteiger partial charge in [-0.15, -0.1) is 20.3 Å². The molecule has 0 saturated carbocycles. The van der Waals surface area contributed by atoms with Crippen molar-refractivity contribution in [3.05, 3.63) is 116 Å². The van der Waals surface area contributed by atoms with Gasteiger partial charge in [-0.05, 0) is 40.8 Å². The lowest BCUT2D eigenvalue weighted by atomic mass is 9.98. The Balaban J connectivity index is 1.51. The highest BCUT2D eigenvalue weighted by atomic mass is 35.5. The van der Waals surface area contributed by atoms with Crippen LogP contribution in [0.25, 0.3) is 11.1 Å². The average molecular weight is 636 g/mol. The van der Waals surface area contributed by atoms with Crippen LogP contribution in [0.3, 0.4) is 0 Å². The largest absolute Gasteiger partial charge is 0.476 e. The van der Waals surface area contributed by atoms with Gasteiger partial charge in [0, 0.05) is 18.5 Å². The van der Waals surface area contributed by atoms with E-state index < -0.39 is 17.1 Å². The molecule has 3 aromatic carbocycles. The first-order chi connectivity index (χ1) is 21.6. The molecule has 5 N–H and O–H groups in total. The molecule has 1 amide bonds. The van der Waals surface area contributed by atoms with E-state index in [-0.39, 0.29) is 35.6 Å². The lowest BCUT2D eigenvalue weighted by Gasteiger charge is -2.15. The number of carboxylic acid groups (broad SMARTS) is 1. The normalized spacial score (nSPS) is 11.2. The minimum atomic E-state index is -1.15. The van der Waals surface area contributed by atoms with Crippen molar-refractivity contribution in [3.8, 4) is 16.9 Å². The van der Waals surface area contributed by atoms with Gasteiger partial charge in [0.15, 0.2) is 16.7 Å². The van der Waals surface area contributed by atoms with E-state index in [4.69, 9.17) is 27.9 Å². The van der Waals surface area contributed by atoms with Crippen molar-refractivity contribution >= 4 is 29.5 Å². The fourth-order valence-corrected chi connectivity index (χ4v) is 4.76. The molecule has 45 heavy (non-hydrogen) atoms. The number of nitrogens with zero attached hydrogens (tertiary/aromatic N) is 5. The number of nitrogens with two attached hydrogens (primary N) is 2. The number of aryl methyl sites for hydroxylation is 1. The minimum Gasteiger partial charge on any atom is -0.476 e. The van der Waals surface area contributed by atoms with Gasteiger partial charge in [-0.2, -0.15) is 0 Å². The van der Waals surface area contributed by atoms with Gasteiger partial charge in [-0.25, -0.2) is 20.4 Å². The van der Waals surface area contributed by atoms with Crippen LogP contribution in [0, 0.1) is 10.1 Å². The number of imidazole rings is 1. The number of carboxylic acids is 1. The number of hydrogen-bond acceptors (Lipinski definition) is 9. The topological polar surface area (TPSA) is 201 Å². The third-order valence-electron chi connectivity index (χ3n) is 6.61. The number of aromatic nitrogens is 2. The van der Waals surface area contributed by atoms with Crippen molar-refractivity contribution in [3.63, 3.8) is 0 Å². The SMILES string of the molecule is CCCCc1nc(Cl)c(C(=O)O)n1Cc1ccc(-c2ccccc2/C(N)=N/N(N)C(=O)Oc2cccc(CO[N+](=O)[O-])c2)cc1. The van der Waals surface area contributed by atoms with Gasteiger partial charge >= 0.3 is 12.1 Å². The number of unbranched alkanes of at least 4 members (excludes halogenated alkanes) is 1. The zero-order valence-corrected chi connectivity index (χ0v) is 24.9. The van der Waals surface area contributed by atoms with Crippen LogP contribution in [0.4, 0.5) is 4.79 Å². The molecular weight excluding hydrogens is 606 g/mol. The number of carbonyl (C=O) groups excluding carboxylic acids is 1. The smallest absolute Gasteiger partial charge is 0.451 e. The predicted octanol–water partition coefficient (Wildman–Crippen LogP) is 5.00. The maximum absolute atomic E-state index is 12.6. The van der Waals surface area contributed by atoms with Crippen LogP contribution in [0.5, 0.6) is 5.75 Å². The summed E-state index contributed by atoms with van der Waals surface area (Å²) in [5.41, 5.74) is 9.40. The highest BCUT2D eigenvalue weighted by molar-refractivity contribution is 6.32. The lowest BCUT2D eigenvalue weighted by Crippen LogP contribution is -2.37. The molecule has 0 unspecified atom stereocenters. The number of ether oxygens (including phenoxy) is 1. The summed E-state index contributed by atoms with van der Waals surface area (Å²) in [5.74, 6) is 5.28. The third-order valence-corrected chi connectivity index (χ3v) is 6.88. The molecule has 0 aliphatic heterocycles. The van der Waals surface area contributed by atoms with Crippen molar-refractivity contribution in [2.24, 2.45) is 16.7 Å². The fourth-order valence-electron chi connectivity index (χ4n) is 4.48. The fraction of sp³-hybridized carbons (Fsp3) is 0.200. The molecule has 0 radical (unpaired) electrons. The summed E-state index contributed by atoms with van der Waals surface area (Å²) < 4.78 is 6.84. The molecular formula is C30H30ClN7O7. The number of rotatable bonds is 13. The molecule has 0 saturated heterocycles. The van der Waals surface area contributed by atoms with Crippen LogP contribution in [-0.2, 0) is 24.4 Å². The van der Waals surface area contributed by atoms with Crippen LogP contribution >= 0.6 is 11.6 Å². The Morgan fingerprint density at radius 2 is 1.84 bits per heavy atom. The van der Waals surface area contributed by atoms with E-state index in [0.29, 0.717) is 34.1 Å². The molecule has 4 rings (SSSR count). The Labute approximate surface area is 262 Å². The van der Waals surface area contributed by atoms with Crippen LogP contribution < -0.4 is 16.3 Å². The summed E-state index contributed by atoms with van der Waals surface area (Å²) in [5, 5.41) is 23.6. The quantitative estimate of drug-likeness (QED) is 0.0448. The summed E-state index contributed by atoms with van der Waals surface area (Å²) in [6.07, 6.45) is 1.32. The van der Waals surface area contributed by atoms with Gasteiger partial charge in [-0.1, -0.05) is 85.6 Å². The van der Waals surface area contributed by atoms with Crippen molar-refractivity contribution in [1.82, 2.24) is 14.7 Å². The van der Waals surface area contributed by atoms with Crippen LogP contribution in [0.15, 0.2) is 77.9 Å². The van der Waals surface area contributed by atoms with Gasteiger partial charge in [-0.3, -0.25) is 0 Å². The first-order valence-corrected chi connectivity index (χ1v) is 14.1. The Kier molecular flexibility index (Phi) is 10.7. The number of hydrazone groups is 1. The molecule has 14 nitrogen and oxygen atoms in total. The van der Waals surface area contributed by atoms with Gasteiger partial charge in [0.25, 0.3) is 5.09 Å². The standard InChI is InChI=1S/C30H30ClN7O7/c1-2-3-11-25-34-27(31)26(29(39)40)36(25)17-19-12-14-21(15-13-19)23-9-4-5-10-24(23)28(32)35-37(33)30(41)45-22-8-6-7-20(16-22)18-44-38(42)43/h4-10,12-16H,2-3,11,17-18,33H2,1H3,(H2,32,35)(H,39,40). The van der Waals surface area contributed by atoms with Crippen molar-refractivity contribution in [2.45, 2.75) is 39.3 Å². The number of hydrazine groups is 1. The molecule has 234 valence electrons. The summed E-state index contributed by atoms with van der Waals surface area (Å²) in [7, 11) is 0. The molecule has 0 atom stereocenters. The van der Waals surface area contributed by atoms with Crippen LogP contribution in [0.2, 0.25) is 5.15 Å². The zero-order chi connectivity index (χ0) is 32.5. The van der Waals surface area contributed by atoms with Crippen molar-refractivity contribution in [1.29, 1.82) is 0 Å². The van der Waals surface area contributed by atoms with E-state index in [1.54, 1.807) is 22.8 Å². The number of benzene rings is 3. The van der Waals surface area contributed by atoms with E-state index >= 15 is 0 Å². The lowest BCUT2D eigenvalue weighted by molar-refractivity contribution is -0.763. The van der Waals surface area contributed by atoms with E-state index in [9.17, 15) is 24.8 Å². The Morgan fingerprint density at radius 3 is 2.53 bits per heavy atom. The molecule has 1 aromatic heterocycles. The Morgan fingerprint density at radius 1 is 1.11 bits per heavy atom. The van der Waals surface area contributed by atoms with Crippen LogP contribution in [-0.4, -0.2) is 42.8 Å². The number of amides is 1. The average Bonchev–Trinajstić information content (AvgIpc) is 3.33. The monoisotopic (exact) mass is 635 g/mol. The second-order valence-corrected chi connectivity index (χ2v) is 10.1. The molecule has 0 fully saturated rings. The molecule has 0 aliphatic rings. The minimum absolute atomic E-state index is 0.0393. The maximum Gasteiger partial charge on any atom is 0.451 e. The molecule has 0 aliphatic carbocycles. The number of amidine groups is 1. The molecule has 15 heteroatoms. The van der Waals surface area contributed by atoms with Gasteiger partial charge in [0.1, 0.15) is 18.2 Å². The Hall–Kier alpha value is -5.47. The van der Waals surface area contributed by atoms with Gasteiger partial charge < -0.3 is 25.0 Å². The highest BCUT2D eigenvalue weighted by Gasteiger charge is 2.22. The number of aromatic carboxylic acids is 1. The molecule has 1 heterocycles. The van der Waals surface area contributed by atoms with Crippen LogP contribution in [0.1, 0.15) is 52.8 Å². The van der Waals surface area contributed by atoms with Crippen molar-refractivity contribution < 1.29 is 29.4 Å². The van der Waals surface area contributed by atoms with Gasteiger partial charge in [0.05, 0.1) is 0 Å². The first-order valence-electron chi connectivity index (χ1n) is 13.7. The Bertz CT molecular complexity index is 1720. The zero-order valence-electron chi connectivity index (χ0n) is 24.1. The molecule has 4 aromatic rings. The van der Waals surface area contributed by atoms with E-state index in [0.717, 1.165) is 24.0 Å².